The Morgan fingerprint density at radius 3 is 2.11 bits per heavy atom. The highest BCUT2D eigenvalue weighted by molar-refractivity contribution is 7.26. The van der Waals surface area contributed by atoms with Crippen LogP contribution in [0.1, 0.15) is 0 Å². The van der Waals surface area contributed by atoms with E-state index in [2.05, 4.69) is 143 Å². The molecule has 0 saturated carbocycles. The number of anilines is 3. The standard InChI is InChI=1S/C43H26N2OS/c1-2-10-30-28(9-1)25-37(32-12-4-3-11-31(30)32)27-19-21-29(22-20-27)45(38-16-7-14-35-33-13-5-6-18-40(33)46-42(35)38)39-17-8-15-36-34-23-24-44-26-41(34)47-43(36)39/h1-26H. The maximum atomic E-state index is 6.61. The van der Waals surface area contributed by atoms with Crippen LogP contribution in [0.4, 0.5) is 17.1 Å². The number of hydrogen-bond acceptors (Lipinski definition) is 4. The van der Waals surface area contributed by atoms with E-state index >= 15 is 0 Å². The number of benzene rings is 7. The van der Waals surface area contributed by atoms with E-state index < -0.39 is 0 Å². The van der Waals surface area contributed by atoms with Crippen molar-refractivity contribution in [2.75, 3.05) is 4.90 Å². The molecule has 10 rings (SSSR count). The summed E-state index contributed by atoms with van der Waals surface area (Å²) in [6, 6.07) is 52.2. The predicted molar refractivity (Wildman–Crippen MR) is 200 cm³/mol. The smallest absolute Gasteiger partial charge is 0.159 e. The number of fused-ring (bicyclic) bond motifs is 9. The number of hydrogen-bond donors (Lipinski definition) is 0. The van der Waals surface area contributed by atoms with Crippen LogP contribution in [0.3, 0.4) is 0 Å². The summed E-state index contributed by atoms with van der Waals surface area (Å²) in [5.41, 5.74) is 7.36. The molecule has 3 nitrogen and oxygen atoms in total. The minimum atomic E-state index is 0.873. The van der Waals surface area contributed by atoms with Crippen molar-refractivity contribution in [1.82, 2.24) is 4.98 Å². The molecule has 0 amide bonds. The van der Waals surface area contributed by atoms with Gasteiger partial charge in [-0.3, -0.25) is 4.98 Å². The Labute approximate surface area is 274 Å². The van der Waals surface area contributed by atoms with E-state index in [0.717, 1.165) is 39.0 Å². The second-order valence-corrected chi connectivity index (χ2v) is 13.0. The molecule has 0 aliphatic rings. The third-order valence-electron chi connectivity index (χ3n) is 9.35. The zero-order valence-electron chi connectivity index (χ0n) is 25.2. The van der Waals surface area contributed by atoms with Crippen molar-refractivity contribution < 1.29 is 4.42 Å². The van der Waals surface area contributed by atoms with Crippen LogP contribution in [0.25, 0.3) is 74.8 Å². The average molecular weight is 619 g/mol. The first-order valence-corrected chi connectivity index (χ1v) is 16.6. The van der Waals surface area contributed by atoms with Gasteiger partial charge in [-0.2, -0.15) is 0 Å². The highest BCUT2D eigenvalue weighted by Gasteiger charge is 2.22. The van der Waals surface area contributed by atoms with Gasteiger partial charge in [-0.15, -0.1) is 11.3 Å². The molecular weight excluding hydrogens is 593 g/mol. The van der Waals surface area contributed by atoms with Gasteiger partial charge in [0.1, 0.15) is 5.58 Å². The molecule has 0 radical (unpaired) electrons. The second kappa shape index (κ2) is 10.3. The van der Waals surface area contributed by atoms with E-state index in [1.54, 1.807) is 11.3 Å². The molecule has 0 bridgehead atoms. The SMILES string of the molecule is c1ccc2c(c1)cc(-c1ccc(N(c3cccc4c3oc3ccccc34)c3cccc4c3sc3cnccc34)cc1)c1ccccc12. The van der Waals surface area contributed by atoms with E-state index in [1.807, 2.05) is 24.5 Å². The van der Waals surface area contributed by atoms with E-state index in [9.17, 15) is 0 Å². The lowest BCUT2D eigenvalue weighted by Gasteiger charge is -2.26. The summed E-state index contributed by atoms with van der Waals surface area (Å²) in [6.45, 7) is 0. The summed E-state index contributed by atoms with van der Waals surface area (Å²) in [4.78, 5) is 6.78. The molecule has 0 atom stereocenters. The van der Waals surface area contributed by atoms with Crippen LogP contribution in [0.2, 0.25) is 0 Å². The van der Waals surface area contributed by atoms with Crippen LogP contribution < -0.4 is 4.90 Å². The number of nitrogens with zero attached hydrogens (tertiary/aromatic N) is 2. The third-order valence-corrected chi connectivity index (χ3v) is 10.5. The van der Waals surface area contributed by atoms with Crippen LogP contribution in [0.15, 0.2) is 162 Å². The van der Waals surface area contributed by atoms with Crippen LogP contribution in [0, 0.1) is 0 Å². The summed E-state index contributed by atoms with van der Waals surface area (Å²) in [5.74, 6) is 0. The zero-order valence-corrected chi connectivity index (χ0v) is 26.0. The molecule has 0 unspecified atom stereocenters. The Kier molecular flexibility index (Phi) is 5.74. The van der Waals surface area contributed by atoms with Crippen molar-refractivity contribution in [3.63, 3.8) is 0 Å². The summed E-state index contributed by atoms with van der Waals surface area (Å²) in [5, 5.41) is 9.73. The molecule has 10 aromatic rings. The first-order chi connectivity index (χ1) is 23.3. The summed E-state index contributed by atoms with van der Waals surface area (Å²) in [7, 11) is 0. The van der Waals surface area contributed by atoms with Gasteiger partial charge in [-0.25, -0.2) is 0 Å². The Hall–Kier alpha value is -5.97. The van der Waals surface area contributed by atoms with Crippen LogP contribution in [-0.2, 0) is 0 Å². The third kappa shape index (κ3) is 4.02. The minimum absolute atomic E-state index is 0.873. The zero-order chi connectivity index (χ0) is 30.9. The average Bonchev–Trinajstić information content (AvgIpc) is 3.71. The lowest BCUT2D eigenvalue weighted by atomic mass is 9.93. The van der Waals surface area contributed by atoms with Gasteiger partial charge in [0.2, 0.25) is 0 Å². The molecule has 3 aromatic heterocycles. The largest absolute Gasteiger partial charge is 0.454 e. The number of pyridine rings is 1. The number of thiophene rings is 1. The molecule has 220 valence electrons. The van der Waals surface area contributed by atoms with Crippen molar-refractivity contribution in [3.8, 4) is 11.1 Å². The molecule has 7 aromatic carbocycles. The van der Waals surface area contributed by atoms with Crippen LogP contribution in [-0.4, -0.2) is 4.98 Å². The van der Waals surface area contributed by atoms with Crippen molar-refractivity contribution in [2.24, 2.45) is 0 Å². The van der Waals surface area contributed by atoms with Gasteiger partial charge in [-0.1, -0.05) is 103 Å². The molecule has 47 heavy (non-hydrogen) atoms. The Morgan fingerprint density at radius 1 is 0.532 bits per heavy atom. The first kappa shape index (κ1) is 26.3. The molecule has 0 saturated heterocycles. The van der Waals surface area contributed by atoms with Crippen molar-refractivity contribution in [1.29, 1.82) is 0 Å². The molecule has 0 fully saturated rings. The normalized spacial score (nSPS) is 11.8. The van der Waals surface area contributed by atoms with Gasteiger partial charge in [0, 0.05) is 39.6 Å². The number of furan rings is 1. The van der Waals surface area contributed by atoms with E-state index in [4.69, 9.17) is 4.42 Å². The van der Waals surface area contributed by atoms with Gasteiger partial charge >= 0.3 is 0 Å². The fourth-order valence-corrected chi connectivity index (χ4v) is 8.39. The number of aromatic nitrogens is 1. The van der Waals surface area contributed by atoms with Gasteiger partial charge in [-0.05, 0) is 75.1 Å². The Bertz CT molecular complexity index is 2700. The molecule has 0 aliphatic heterocycles. The van der Waals surface area contributed by atoms with Gasteiger partial charge in [0.25, 0.3) is 0 Å². The molecule has 0 spiro atoms. The maximum Gasteiger partial charge on any atom is 0.159 e. The fraction of sp³-hybridized carbons (Fsp3) is 0. The predicted octanol–water partition coefficient (Wildman–Crippen LogP) is 12.8. The van der Waals surface area contributed by atoms with Gasteiger partial charge in [0.05, 0.1) is 20.8 Å². The van der Waals surface area contributed by atoms with Crippen LogP contribution >= 0.6 is 11.3 Å². The monoisotopic (exact) mass is 618 g/mol. The van der Waals surface area contributed by atoms with Gasteiger partial charge < -0.3 is 9.32 Å². The van der Waals surface area contributed by atoms with E-state index in [1.165, 1.54) is 52.8 Å². The molecule has 4 heteroatoms. The van der Waals surface area contributed by atoms with E-state index in [-0.39, 0.29) is 0 Å². The Morgan fingerprint density at radius 2 is 1.23 bits per heavy atom. The second-order valence-electron chi connectivity index (χ2n) is 12.0. The summed E-state index contributed by atoms with van der Waals surface area (Å²) < 4.78 is 9.00. The lowest BCUT2D eigenvalue weighted by molar-refractivity contribution is 0.669. The maximum absolute atomic E-state index is 6.61. The first-order valence-electron chi connectivity index (χ1n) is 15.8. The lowest BCUT2D eigenvalue weighted by Crippen LogP contribution is -2.10. The van der Waals surface area contributed by atoms with Gasteiger partial charge in [0.15, 0.2) is 5.58 Å². The minimum Gasteiger partial charge on any atom is -0.454 e. The summed E-state index contributed by atoms with van der Waals surface area (Å²) in [6.07, 6.45) is 3.85. The number of rotatable bonds is 4. The topological polar surface area (TPSA) is 29.3 Å². The van der Waals surface area contributed by atoms with Crippen molar-refractivity contribution >= 4 is 92.1 Å². The van der Waals surface area contributed by atoms with Crippen LogP contribution in [0.5, 0.6) is 0 Å². The van der Waals surface area contributed by atoms with Crippen molar-refractivity contribution in [2.45, 2.75) is 0 Å². The van der Waals surface area contributed by atoms with Crippen molar-refractivity contribution in [3.05, 3.63) is 158 Å². The number of para-hydroxylation sites is 2. The Balaban J connectivity index is 1.21. The highest BCUT2D eigenvalue weighted by atomic mass is 32.1. The highest BCUT2D eigenvalue weighted by Crippen LogP contribution is 2.47. The molecular formula is C43H26N2OS. The molecule has 3 heterocycles. The fourth-order valence-electron chi connectivity index (χ4n) is 7.21. The quantitative estimate of drug-likeness (QED) is 0.184. The molecule has 0 N–H and O–H groups in total. The van der Waals surface area contributed by atoms with E-state index in [0.29, 0.717) is 0 Å². The molecule has 0 aliphatic carbocycles. The summed E-state index contributed by atoms with van der Waals surface area (Å²) >= 11 is 1.78.